The molecule has 0 spiro atoms. The third-order valence-corrected chi connectivity index (χ3v) is 6.17. The first-order chi connectivity index (χ1) is 20.1. The van der Waals surface area contributed by atoms with Crippen molar-refractivity contribution >= 4 is 17.6 Å². The van der Waals surface area contributed by atoms with E-state index in [9.17, 15) is 14.7 Å². The summed E-state index contributed by atoms with van der Waals surface area (Å²) >= 11 is 0. The molecule has 42 heavy (non-hydrogen) atoms. The molecule has 1 heterocycles. The minimum atomic E-state index is -1.32. The Kier molecular flexibility index (Phi) is 9.33. The summed E-state index contributed by atoms with van der Waals surface area (Å²) in [6, 6.07) is 18.5. The van der Waals surface area contributed by atoms with Gasteiger partial charge >= 0.3 is 11.9 Å². The normalized spacial score (nSPS) is 10.7. The molecule has 9 nitrogen and oxygen atoms in total. The average Bonchev–Trinajstić information content (AvgIpc) is 2.96. The minimum Gasteiger partial charge on any atom is -0.478 e. The van der Waals surface area contributed by atoms with Crippen LogP contribution in [0.3, 0.4) is 0 Å². The fraction of sp³-hybridized carbons (Fsp3) is 0.194. The number of aromatic carboxylic acids is 1. The number of ether oxygens (including phenoxy) is 3. The van der Waals surface area contributed by atoms with Crippen molar-refractivity contribution in [2.75, 3.05) is 25.1 Å². The van der Waals surface area contributed by atoms with Crippen LogP contribution in [0.1, 0.15) is 28.4 Å². The van der Waals surface area contributed by atoms with Crippen molar-refractivity contribution in [1.29, 1.82) is 0 Å². The molecule has 0 aliphatic rings. The maximum Gasteiger partial charge on any atom is 0.339 e. The highest BCUT2D eigenvalue weighted by Crippen LogP contribution is 2.39. The second-order valence-corrected chi connectivity index (χ2v) is 9.30. The molecule has 0 saturated carbocycles. The molecule has 0 bridgehead atoms. The van der Waals surface area contributed by atoms with Gasteiger partial charge in [-0.25, -0.2) is 4.79 Å². The summed E-state index contributed by atoms with van der Waals surface area (Å²) in [6.45, 7) is 3.22. The zero-order chi connectivity index (χ0) is 30.4. The van der Waals surface area contributed by atoms with Crippen molar-refractivity contribution in [1.82, 2.24) is 4.98 Å². The van der Waals surface area contributed by atoms with Crippen molar-refractivity contribution in [2.24, 2.45) is 5.73 Å². The summed E-state index contributed by atoms with van der Waals surface area (Å²) < 4.78 is 47.9. The number of hydrogen-bond acceptors (Lipinski definition) is 8. The topological polar surface area (TPSA) is 124 Å². The van der Waals surface area contributed by atoms with Crippen molar-refractivity contribution in [3.05, 3.63) is 95.1 Å². The molecule has 0 radical (unpaired) electrons. The van der Waals surface area contributed by atoms with E-state index in [2.05, 4.69) is 4.98 Å². The number of aromatic nitrogens is 1. The first-order valence-electron chi connectivity index (χ1n) is 13.0. The highest BCUT2D eigenvalue weighted by molar-refractivity contribution is 5.91. The highest BCUT2D eigenvalue weighted by Gasteiger charge is 2.28. The number of carboxylic acid groups (broad SMARTS) is 1. The number of nitrogens with zero attached hydrogens (tertiary/aromatic N) is 2. The van der Waals surface area contributed by atoms with Crippen LogP contribution in [-0.2, 0) is 16.1 Å². The zero-order valence-electron chi connectivity index (χ0n) is 23.2. The maximum atomic E-state index is 15.8. The summed E-state index contributed by atoms with van der Waals surface area (Å²) in [5.41, 5.74) is 7.95. The van der Waals surface area contributed by atoms with E-state index in [1.807, 2.05) is 30.3 Å². The van der Waals surface area contributed by atoms with Crippen LogP contribution in [0, 0.1) is 18.6 Å². The Morgan fingerprint density at radius 1 is 0.952 bits per heavy atom. The van der Waals surface area contributed by atoms with E-state index in [-0.39, 0.29) is 23.7 Å². The number of nitrogens with two attached hydrogens (primary N) is 1. The predicted octanol–water partition coefficient (Wildman–Crippen LogP) is 6.08. The van der Waals surface area contributed by atoms with E-state index >= 15 is 8.78 Å². The molecule has 0 atom stereocenters. The van der Waals surface area contributed by atoms with Gasteiger partial charge in [0.15, 0.2) is 0 Å². The van der Waals surface area contributed by atoms with Gasteiger partial charge in [0.25, 0.3) is 11.8 Å². The van der Waals surface area contributed by atoms with E-state index < -0.39 is 47.6 Å². The molecule has 0 unspecified atom stereocenters. The number of pyridine rings is 1. The zero-order valence-corrected chi connectivity index (χ0v) is 23.2. The van der Waals surface area contributed by atoms with Gasteiger partial charge in [0.2, 0.25) is 11.6 Å². The number of carbonyl (C=O) groups excluding carboxylic acids is 1. The molecule has 1 aromatic heterocycles. The van der Waals surface area contributed by atoms with Crippen molar-refractivity contribution in [3.8, 4) is 34.4 Å². The number of anilines is 1. The molecule has 4 rings (SSSR count). The van der Waals surface area contributed by atoms with Gasteiger partial charge in [-0.2, -0.15) is 13.8 Å². The molecule has 0 amide bonds. The molecule has 0 saturated heterocycles. The number of carbonyl (C=O) groups is 2. The minimum absolute atomic E-state index is 0.0759. The van der Waals surface area contributed by atoms with Crippen LogP contribution < -0.4 is 20.1 Å². The van der Waals surface area contributed by atoms with Crippen LogP contribution in [0.2, 0.25) is 0 Å². The lowest BCUT2D eigenvalue weighted by atomic mass is 10.0. The smallest absolute Gasteiger partial charge is 0.339 e. The van der Waals surface area contributed by atoms with Gasteiger partial charge in [-0.3, -0.25) is 4.79 Å². The lowest BCUT2D eigenvalue weighted by Gasteiger charge is -2.22. The fourth-order valence-corrected chi connectivity index (χ4v) is 4.16. The average molecular weight is 578 g/mol. The number of halogens is 2. The summed E-state index contributed by atoms with van der Waals surface area (Å²) in [5, 5.41) is 9.60. The largest absolute Gasteiger partial charge is 0.478 e. The first-order valence-corrected chi connectivity index (χ1v) is 13.0. The highest BCUT2D eigenvalue weighted by atomic mass is 19.1. The maximum absolute atomic E-state index is 15.8. The van der Waals surface area contributed by atoms with E-state index in [4.69, 9.17) is 19.9 Å². The molecule has 3 aromatic carbocycles. The molecule has 3 N–H and O–H groups in total. The predicted molar refractivity (Wildman–Crippen MR) is 152 cm³/mol. The number of rotatable bonds is 11. The van der Waals surface area contributed by atoms with Crippen LogP contribution in [0.4, 0.5) is 14.5 Å². The van der Waals surface area contributed by atoms with Crippen molar-refractivity contribution in [2.45, 2.75) is 20.4 Å². The van der Waals surface area contributed by atoms with E-state index in [0.29, 0.717) is 12.1 Å². The number of benzene rings is 3. The van der Waals surface area contributed by atoms with E-state index in [1.54, 1.807) is 38.1 Å². The Hall–Kier alpha value is -5.03. The third kappa shape index (κ3) is 6.81. The van der Waals surface area contributed by atoms with E-state index in [1.165, 1.54) is 19.2 Å². The summed E-state index contributed by atoms with van der Waals surface area (Å²) in [5.74, 6) is -5.96. The Morgan fingerprint density at radius 3 is 2.29 bits per heavy atom. The SMILES string of the molecule is CCOC(=O)CN(C)c1c(F)c(Oc2cccc(-c3cccc(CN)c3)c2)nc(Oc2cc(C)ccc2C(=O)O)c1F. The second kappa shape index (κ2) is 13.1. The Labute approximate surface area is 241 Å². The monoisotopic (exact) mass is 577 g/mol. The van der Waals surface area contributed by atoms with Crippen LogP contribution in [0.25, 0.3) is 11.1 Å². The van der Waals surface area contributed by atoms with Crippen molar-refractivity contribution in [3.63, 3.8) is 0 Å². The van der Waals surface area contributed by atoms with Crippen LogP contribution >= 0.6 is 0 Å². The van der Waals surface area contributed by atoms with Crippen LogP contribution in [-0.4, -0.2) is 42.2 Å². The Morgan fingerprint density at radius 2 is 1.62 bits per heavy atom. The van der Waals surface area contributed by atoms with Gasteiger partial charge in [0.1, 0.15) is 29.3 Å². The lowest BCUT2D eigenvalue weighted by Crippen LogP contribution is -2.29. The van der Waals surface area contributed by atoms with Crippen LogP contribution in [0.5, 0.6) is 23.3 Å². The molecule has 0 fully saturated rings. The van der Waals surface area contributed by atoms with Gasteiger partial charge in [-0.05, 0) is 66.4 Å². The summed E-state index contributed by atoms with van der Waals surface area (Å²) in [4.78, 5) is 28.8. The van der Waals surface area contributed by atoms with Crippen LogP contribution in [0.15, 0.2) is 66.7 Å². The molecule has 4 aromatic rings. The molecule has 0 aliphatic heterocycles. The van der Waals surface area contributed by atoms with E-state index in [0.717, 1.165) is 21.6 Å². The third-order valence-electron chi connectivity index (χ3n) is 6.17. The Balaban J connectivity index is 1.79. The number of hydrogen-bond donors (Lipinski definition) is 2. The molecule has 0 aliphatic carbocycles. The second-order valence-electron chi connectivity index (χ2n) is 9.30. The summed E-state index contributed by atoms with van der Waals surface area (Å²) in [6.07, 6.45) is 0. The quantitative estimate of drug-likeness (QED) is 0.204. The lowest BCUT2D eigenvalue weighted by molar-refractivity contribution is -0.141. The van der Waals surface area contributed by atoms with Gasteiger partial charge in [0, 0.05) is 13.6 Å². The van der Waals surface area contributed by atoms with Gasteiger partial charge < -0.3 is 30.0 Å². The van der Waals surface area contributed by atoms with Gasteiger partial charge in [-0.1, -0.05) is 36.4 Å². The molecular weight excluding hydrogens is 548 g/mol. The fourth-order valence-electron chi connectivity index (χ4n) is 4.16. The number of esters is 1. The van der Waals surface area contributed by atoms with Gasteiger partial charge in [-0.15, -0.1) is 0 Å². The first kappa shape index (κ1) is 29.9. The molecule has 11 heteroatoms. The number of aryl methyl sites for hydroxylation is 1. The Bertz CT molecular complexity index is 1630. The molecular formula is C31H29F2N3O6. The van der Waals surface area contributed by atoms with Gasteiger partial charge in [0.05, 0.1) is 6.61 Å². The molecule has 218 valence electrons. The number of carboxylic acids is 1. The van der Waals surface area contributed by atoms with Crippen molar-refractivity contribution < 1.29 is 37.7 Å². The standard InChI is InChI=1S/C31H29F2N3O6/c1-4-40-25(37)17-36(3)28-26(32)29(35-30(27(28)33)42-24-13-18(2)11-12-23(24)31(38)39)41-22-10-6-9-21(15-22)20-8-5-7-19(14-20)16-34/h5-15H,4,16-17,34H2,1-3H3,(H,38,39). The number of likely N-dealkylation sites (N-methyl/N-ethyl adjacent to an activating group) is 1. The summed E-state index contributed by atoms with van der Waals surface area (Å²) in [7, 11) is 1.28.